The van der Waals surface area contributed by atoms with Crippen molar-refractivity contribution in [3.8, 4) is 11.5 Å². The number of rotatable bonds is 6. The molecule has 1 aliphatic rings. The van der Waals surface area contributed by atoms with E-state index in [9.17, 15) is 4.79 Å². The average Bonchev–Trinajstić information content (AvgIpc) is 2.69. The summed E-state index contributed by atoms with van der Waals surface area (Å²) in [7, 11) is 0. The van der Waals surface area contributed by atoms with E-state index in [0.717, 1.165) is 37.4 Å². The zero-order chi connectivity index (χ0) is 18.9. The second-order valence-electron chi connectivity index (χ2n) is 6.53. The van der Waals surface area contributed by atoms with Crippen LogP contribution in [0.15, 0.2) is 59.6 Å². The molecular weight excluding hydrogens is 467 g/mol. The molecule has 0 aliphatic carbocycles. The van der Waals surface area contributed by atoms with E-state index in [0.29, 0.717) is 24.7 Å². The molecular formula is C21H27IN4O2. The standard InChI is InChI=1S/C21H26N4O2.HI/c22-21(23-13-12-20(26)25-14-5-2-6-15-25)24-17-8-7-11-19(16-17)27-18-9-3-1-4-10-18;/h1,3-4,7-11,16H,2,5-6,12-15H2,(H3,22,23,24);1H. The molecule has 0 saturated carbocycles. The van der Waals surface area contributed by atoms with Crippen molar-refractivity contribution in [1.82, 2.24) is 4.90 Å². The number of carbonyl (C=O) groups excluding carboxylic acids is 1. The molecule has 3 N–H and O–H groups in total. The highest BCUT2D eigenvalue weighted by atomic mass is 127. The summed E-state index contributed by atoms with van der Waals surface area (Å²) in [5, 5.41) is 3.04. The molecule has 7 heteroatoms. The maximum absolute atomic E-state index is 12.1. The van der Waals surface area contributed by atoms with Gasteiger partial charge in [0.1, 0.15) is 11.5 Å². The van der Waals surface area contributed by atoms with Crippen LogP contribution in [0.2, 0.25) is 0 Å². The summed E-state index contributed by atoms with van der Waals surface area (Å²) in [5.41, 5.74) is 6.73. The second-order valence-corrected chi connectivity index (χ2v) is 6.53. The van der Waals surface area contributed by atoms with Gasteiger partial charge in [0, 0.05) is 31.3 Å². The number of aliphatic imine (C=N–C) groups is 1. The van der Waals surface area contributed by atoms with Crippen LogP contribution in [0.1, 0.15) is 25.7 Å². The van der Waals surface area contributed by atoms with Gasteiger partial charge in [0.25, 0.3) is 0 Å². The quantitative estimate of drug-likeness (QED) is 0.358. The molecule has 0 unspecified atom stereocenters. The molecule has 1 saturated heterocycles. The zero-order valence-electron chi connectivity index (χ0n) is 15.8. The fraction of sp³-hybridized carbons (Fsp3) is 0.333. The molecule has 2 aromatic rings. The third-order valence-electron chi connectivity index (χ3n) is 4.40. The number of nitrogens with two attached hydrogens (primary N) is 1. The lowest BCUT2D eigenvalue weighted by molar-refractivity contribution is -0.131. The first kappa shape index (κ1) is 22.0. The number of likely N-dealkylation sites (tertiary alicyclic amines) is 1. The summed E-state index contributed by atoms with van der Waals surface area (Å²) < 4.78 is 5.81. The minimum atomic E-state index is 0. The molecule has 0 aromatic heterocycles. The minimum Gasteiger partial charge on any atom is -0.457 e. The van der Waals surface area contributed by atoms with Crippen LogP contribution in [0.3, 0.4) is 0 Å². The van der Waals surface area contributed by atoms with Crippen molar-refractivity contribution < 1.29 is 9.53 Å². The summed E-state index contributed by atoms with van der Waals surface area (Å²) in [5.74, 6) is 1.93. The van der Waals surface area contributed by atoms with Gasteiger partial charge in [-0.1, -0.05) is 24.3 Å². The molecule has 0 radical (unpaired) electrons. The van der Waals surface area contributed by atoms with Crippen LogP contribution in [0.4, 0.5) is 5.69 Å². The van der Waals surface area contributed by atoms with Crippen molar-refractivity contribution in [3.05, 3.63) is 54.6 Å². The van der Waals surface area contributed by atoms with Crippen molar-refractivity contribution in [2.24, 2.45) is 10.7 Å². The lowest BCUT2D eigenvalue weighted by Gasteiger charge is -2.26. The van der Waals surface area contributed by atoms with Crippen LogP contribution in [-0.4, -0.2) is 36.4 Å². The van der Waals surface area contributed by atoms with Gasteiger partial charge in [0.05, 0.1) is 6.54 Å². The fourth-order valence-corrected chi connectivity index (χ4v) is 3.02. The lowest BCUT2D eigenvalue weighted by Crippen LogP contribution is -2.36. The molecule has 1 fully saturated rings. The smallest absolute Gasteiger partial charge is 0.224 e. The van der Waals surface area contributed by atoms with Crippen molar-refractivity contribution in [3.63, 3.8) is 0 Å². The number of ether oxygens (including phenoxy) is 1. The van der Waals surface area contributed by atoms with E-state index in [1.165, 1.54) is 6.42 Å². The van der Waals surface area contributed by atoms with E-state index in [4.69, 9.17) is 10.5 Å². The number of nitrogens with zero attached hydrogens (tertiary/aromatic N) is 2. The van der Waals surface area contributed by atoms with Gasteiger partial charge in [-0.25, -0.2) is 0 Å². The topological polar surface area (TPSA) is 80.0 Å². The van der Waals surface area contributed by atoms with E-state index in [1.807, 2.05) is 59.5 Å². The Kier molecular flexibility index (Phi) is 9.06. The van der Waals surface area contributed by atoms with Gasteiger partial charge >= 0.3 is 0 Å². The molecule has 1 aliphatic heterocycles. The van der Waals surface area contributed by atoms with Gasteiger partial charge < -0.3 is 20.7 Å². The van der Waals surface area contributed by atoms with Gasteiger partial charge in [0.15, 0.2) is 5.96 Å². The Morgan fingerprint density at radius 3 is 2.50 bits per heavy atom. The summed E-state index contributed by atoms with van der Waals surface area (Å²) in [4.78, 5) is 18.3. The molecule has 1 amide bonds. The van der Waals surface area contributed by atoms with Gasteiger partial charge in [-0.3, -0.25) is 9.79 Å². The SMILES string of the molecule is I.NC(=NCCC(=O)N1CCCCC1)Nc1cccc(Oc2ccccc2)c1. The van der Waals surface area contributed by atoms with E-state index >= 15 is 0 Å². The van der Waals surface area contributed by atoms with Gasteiger partial charge in [-0.05, 0) is 43.5 Å². The zero-order valence-corrected chi connectivity index (χ0v) is 18.2. The first-order chi connectivity index (χ1) is 13.2. The number of piperidine rings is 1. The maximum atomic E-state index is 12.1. The number of para-hydroxylation sites is 1. The van der Waals surface area contributed by atoms with Crippen molar-refractivity contribution in [2.45, 2.75) is 25.7 Å². The minimum absolute atomic E-state index is 0. The van der Waals surface area contributed by atoms with Crippen LogP contribution in [-0.2, 0) is 4.79 Å². The van der Waals surface area contributed by atoms with Crippen LogP contribution in [0, 0.1) is 0 Å². The number of nitrogens with one attached hydrogen (secondary N) is 1. The molecule has 28 heavy (non-hydrogen) atoms. The molecule has 6 nitrogen and oxygen atoms in total. The Labute approximate surface area is 183 Å². The Morgan fingerprint density at radius 2 is 1.75 bits per heavy atom. The van der Waals surface area contributed by atoms with E-state index in [2.05, 4.69) is 10.3 Å². The van der Waals surface area contributed by atoms with Crippen LogP contribution >= 0.6 is 24.0 Å². The summed E-state index contributed by atoms with van der Waals surface area (Å²) >= 11 is 0. The van der Waals surface area contributed by atoms with Gasteiger partial charge in [-0.15, -0.1) is 24.0 Å². The van der Waals surface area contributed by atoms with Gasteiger partial charge in [-0.2, -0.15) is 0 Å². The average molecular weight is 494 g/mol. The highest BCUT2D eigenvalue weighted by Crippen LogP contribution is 2.23. The van der Waals surface area contributed by atoms with Crippen LogP contribution in [0.5, 0.6) is 11.5 Å². The lowest BCUT2D eigenvalue weighted by atomic mass is 10.1. The summed E-state index contributed by atoms with van der Waals surface area (Å²) in [6.07, 6.45) is 3.80. The first-order valence-electron chi connectivity index (χ1n) is 9.38. The molecule has 0 atom stereocenters. The normalized spacial score (nSPS) is 14.1. The van der Waals surface area contributed by atoms with E-state index in [1.54, 1.807) is 0 Å². The summed E-state index contributed by atoms with van der Waals surface area (Å²) in [6, 6.07) is 17.1. The highest BCUT2D eigenvalue weighted by molar-refractivity contribution is 14.0. The van der Waals surface area contributed by atoms with E-state index < -0.39 is 0 Å². The predicted octanol–water partition coefficient (Wildman–Crippen LogP) is 4.23. The third kappa shape index (κ3) is 7.03. The molecule has 150 valence electrons. The molecule has 0 bridgehead atoms. The Morgan fingerprint density at radius 1 is 1.04 bits per heavy atom. The number of amides is 1. The Bertz CT molecular complexity index is 777. The second kappa shape index (κ2) is 11.5. The van der Waals surface area contributed by atoms with Crippen LogP contribution in [0.25, 0.3) is 0 Å². The molecule has 2 aromatic carbocycles. The fourth-order valence-electron chi connectivity index (χ4n) is 3.02. The molecule has 1 heterocycles. The number of hydrogen-bond donors (Lipinski definition) is 2. The maximum Gasteiger partial charge on any atom is 0.224 e. The van der Waals surface area contributed by atoms with Crippen LogP contribution < -0.4 is 15.8 Å². The van der Waals surface area contributed by atoms with Gasteiger partial charge in [0.2, 0.25) is 5.91 Å². The monoisotopic (exact) mass is 494 g/mol. The third-order valence-corrected chi connectivity index (χ3v) is 4.40. The predicted molar refractivity (Wildman–Crippen MR) is 124 cm³/mol. The number of anilines is 1. The highest BCUT2D eigenvalue weighted by Gasteiger charge is 2.15. The number of hydrogen-bond acceptors (Lipinski definition) is 3. The van der Waals surface area contributed by atoms with Crippen molar-refractivity contribution in [1.29, 1.82) is 0 Å². The largest absolute Gasteiger partial charge is 0.457 e. The Hall–Kier alpha value is -2.29. The first-order valence-corrected chi connectivity index (χ1v) is 9.38. The molecule has 3 rings (SSSR count). The van der Waals surface area contributed by atoms with Crippen molar-refractivity contribution in [2.75, 3.05) is 25.0 Å². The molecule has 0 spiro atoms. The number of guanidine groups is 1. The number of carbonyl (C=O) groups is 1. The number of halogens is 1. The number of benzene rings is 2. The summed E-state index contributed by atoms with van der Waals surface area (Å²) in [6.45, 7) is 2.11. The Balaban J connectivity index is 0.00000280. The van der Waals surface area contributed by atoms with E-state index in [-0.39, 0.29) is 29.9 Å². The van der Waals surface area contributed by atoms with Crippen molar-refractivity contribution >= 4 is 41.5 Å².